The number of hydrogen-bond acceptors (Lipinski definition) is 5. The highest BCUT2D eigenvalue weighted by Crippen LogP contribution is 2.35. The first kappa shape index (κ1) is 26.2. The van der Waals surface area contributed by atoms with Crippen LogP contribution in [0.2, 0.25) is 0 Å². The lowest BCUT2D eigenvalue weighted by atomic mass is 9.84. The maximum atomic E-state index is 13.0. The fraction of sp³-hybridized carbons (Fsp3) is 0.258. The van der Waals surface area contributed by atoms with E-state index in [4.69, 9.17) is 4.42 Å². The molecule has 1 aromatic heterocycles. The molecule has 1 saturated heterocycles. The van der Waals surface area contributed by atoms with Gasteiger partial charge in [-0.3, -0.25) is 14.6 Å². The molecule has 1 aliphatic heterocycles. The molecule has 1 aliphatic rings. The van der Waals surface area contributed by atoms with Crippen LogP contribution in [0.4, 0.5) is 4.79 Å². The summed E-state index contributed by atoms with van der Waals surface area (Å²) in [6.45, 7) is 3.69. The number of nitrogens with zero attached hydrogens (tertiary/aromatic N) is 2. The van der Waals surface area contributed by atoms with Crippen molar-refractivity contribution in [2.24, 2.45) is 0 Å². The van der Waals surface area contributed by atoms with Crippen molar-refractivity contribution in [1.29, 1.82) is 0 Å². The Morgan fingerprint density at radius 1 is 0.949 bits per heavy atom. The minimum atomic E-state index is -1.11. The number of benzene rings is 3. The van der Waals surface area contributed by atoms with Gasteiger partial charge in [0.2, 0.25) is 5.91 Å². The third-order valence-electron chi connectivity index (χ3n) is 7.40. The van der Waals surface area contributed by atoms with Gasteiger partial charge in [0.15, 0.2) is 0 Å². The van der Waals surface area contributed by atoms with Crippen molar-refractivity contribution in [1.82, 2.24) is 15.1 Å². The van der Waals surface area contributed by atoms with Crippen LogP contribution in [0.25, 0.3) is 11.0 Å². The van der Waals surface area contributed by atoms with Crippen LogP contribution in [0.5, 0.6) is 0 Å². The number of carbonyl (C=O) groups excluding carboxylic acids is 1. The molecule has 2 amide bonds. The molecule has 2 heterocycles. The average molecular weight is 526 g/mol. The summed E-state index contributed by atoms with van der Waals surface area (Å²) in [7, 11) is 0. The lowest BCUT2D eigenvalue weighted by Crippen LogP contribution is -2.65. The van der Waals surface area contributed by atoms with E-state index in [-0.39, 0.29) is 25.4 Å². The summed E-state index contributed by atoms with van der Waals surface area (Å²) < 4.78 is 5.52. The van der Waals surface area contributed by atoms with Gasteiger partial charge in [0.05, 0.1) is 6.42 Å². The largest absolute Gasteiger partial charge is 0.465 e. The molecule has 8 nitrogen and oxygen atoms in total. The number of rotatable bonds is 7. The third-order valence-corrected chi connectivity index (χ3v) is 7.40. The fourth-order valence-corrected chi connectivity index (χ4v) is 5.45. The highest BCUT2D eigenvalue weighted by molar-refractivity contribution is 5.82. The van der Waals surface area contributed by atoms with Gasteiger partial charge >= 0.3 is 11.7 Å². The van der Waals surface area contributed by atoms with Crippen LogP contribution in [0.15, 0.2) is 94.1 Å². The zero-order valence-electron chi connectivity index (χ0n) is 21.8. The van der Waals surface area contributed by atoms with Crippen LogP contribution in [-0.4, -0.2) is 53.1 Å². The van der Waals surface area contributed by atoms with Gasteiger partial charge in [-0.1, -0.05) is 72.8 Å². The van der Waals surface area contributed by atoms with Crippen molar-refractivity contribution in [3.05, 3.63) is 118 Å². The quantitative estimate of drug-likeness (QED) is 0.352. The molecule has 0 spiro atoms. The highest BCUT2D eigenvalue weighted by Gasteiger charge is 2.46. The first-order chi connectivity index (χ1) is 18.8. The van der Waals surface area contributed by atoms with E-state index in [1.807, 2.05) is 79.7 Å². The van der Waals surface area contributed by atoms with E-state index in [2.05, 4.69) is 10.2 Å². The maximum absolute atomic E-state index is 13.0. The van der Waals surface area contributed by atoms with E-state index < -0.39 is 17.3 Å². The van der Waals surface area contributed by atoms with Crippen LogP contribution in [0.1, 0.15) is 22.3 Å². The van der Waals surface area contributed by atoms with Gasteiger partial charge in [0.25, 0.3) is 0 Å². The van der Waals surface area contributed by atoms with Gasteiger partial charge in [-0.15, -0.1) is 0 Å². The number of nitrogens with one attached hydrogen (secondary N) is 1. The molecule has 4 aromatic rings. The van der Waals surface area contributed by atoms with E-state index in [0.717, 1.165) is 22.1 Å². The van der Waals surface area contributed by atoms with Crippen LogP contribution >= 0.6 is 0 Å². The summed E-state index contributed by atoms with van der Waals surface area (Å²) in [5.41, 5.74) is 2.23. The SMILES string of the molecule is Cc1cc(=O)oc2cc(C3(CNC(=O)Cc4ccccc4)CN(Cc4ccccc4)CCN3C(=O)O)ccc12. The van der Waals surface area contributed by atoms with Crippen molar-refractivity contribution in [2.75, 3.05) is 26.2 Å². The maximum Gasteiger partial charge on any atom is 0.408 e. The van der Waals surface area contributed by atoms with Crippen LogP contribution in [0, 0.1) is 6.92 Å². The molecular formula is C31H31N3O5. The molecule has 1 fully saturated rings. The molecule has 5 rings (SSSR count). The molecule has 0 aliphatic carbocycles. The zero-order chi connectivity index (χ0) is 27.4. The number of amides is 2. The Kier molecular flexibility index (Phi) is 7.47. The van der Waals surface area contributed by atoms with E-state index in [0.29, 0.717) is 30.8 Å². The Balaban J connectivity index is 1.54. The first-order valence-corrected chi connectivity index (χ1v) is 13.0. The molecule has 1 atom stereocenters. The Labute approximate surface area is 226 Å². The molecule has 0 saturated carbocycles. The number of fused-ring (bicyclic) bond motifs is 1. The Morgan fingerprint density at radius 3 is 2.33 bits per heavy atom. The van der Waals surface area contributed by atoms with Crippen LogP contribution < -0.4 is 10.9 Å². The van der Waals surface area contributed by atoms with E-state index >= 15 is 0 Å². The second-order valence-electron chi connectivity index (χ2n) is 10.1. The highest BCUT2D eigenvalue weighted by atomic mass is 16.4. The molecule has 2 N–H and O–H groups in total. The standard InChI is InChI=1S/C31H31N3O5/c1-22-16-29(36)39-27-18-25(12-13-26(22)27)31(20-32-28(35)17-23-8-4-2-5-9-23)21-33(14-15-34(31)30(37)38)19-24-10-6-3-7-11-24/h2-13,16,18H,14-15,17,19-21H2,1H3,(H,32,35)(H,37,38). The van der Waals surface area contributed by atoms with Crippen molar-refractivity contribution in [3.63, 3.8) is 0 Å². The van der Waals surface area contributed by atoms with Crippen molar-refractivity contribution >= 4 is 23.0 Å². The topological polar surface area (TPSA) is 103 Å². The molecule has 3 aromatic carbocycles. The molecule has 1 unspecified atom stereocenters. The minimum Gasteiger partial charge on any atom is -0.465 e. The lowest BCUT2D eigenvalue weighted by Gasteiger charge is -2.50. The predicted octanol–water partition coefficient (Wildman–Crippen LogP) is 4.15. The molecule has 0 bridgehead atoms. The smallest absolute Gasteiger partial charge is 0.408 e. The van der Waals surface area contributed by atoms with Crippen molar-refractivity contribution in [2.45, 2.75) is 25.4 Å². The van der Waals surface area contributed by atoms with Gasteiger partial charge in [-0.05, 0) is 35.2 Å². The van der Waals surface area contributed by atoms with Gasteiger partial charge in [-0.25, -0.2) is 9.59 Å². The van der Waals surface area contributed by atoms with Gasteiger partial charge in [0, 0.05) is 44.2 Å². The monoisotopic (exact) mass is 525 g/mol. The fourth-order valence-electron chi connectivity index (χ4n) is 5.45. The second kappa shape index (κ2) is 11.1. The summed E-state index contributed by atoms with van der Waals surface area (Å²) in [6.07, 6.45) is -0.888. The van der Waals surface area contributed by atoms with Gasteiger partial charge in [-0.2, -0.15) is 0 Å². The summed E-state index contributed by atoms with van der Waals surface area (Å²) in [5, 5.41) is 14.1. The van der Waals surface area contributed by atoms with E-state index in [1.165, 1.54) is 11.0 Å². The Bertz CT molecular complexity index is 1540. The van der Waals surface area contributed by atoms with E-state index in [9.17, 15) is 19.5 Å². The number of carbonyl (C=O) groups is 2. The van der Waals surface area contributed by atoms with E-state index in [1.54, 1.807) is 6.07 Å². The summed E-state index contributed by atoms with van der Waals surface area (Å²) in [5.74, 6) is -0.200. The number of aryl methyl sites for hydroxylation is 1. The number of carboxylic acid groups (broad SMARTS) is 1. The average Bonchev–Trinajstić information content (AvgIpc) is 2.92. The lowest BCUT2D eigenvalue weighted by molar-refractivity contribution is -0.121. The Morgan fingerprint density at radius 2 is 1.64 bits per heavy atom. The first-order valence-electron chi connectivity index (χ1n) is 13.0. The van der Waals surface area contributed by atoms with Crippen LogP contribution in [0.3, 0.4) is 0 Å². The third kappa shape index (κ3) is 5.71. The van der Waals surface area contributed by atoms with Gasteiger partial charge in [0.1, 0.15) is 11.1 Å². The summed E-state index contributed by atoms with van der Waals surface area (Å²) >= 11 is 0. The number of piperazine rings is 1. The van der Waals surface area contributed by atoms with Crippen molar-refractivity contribution in [3.8, 4) is 0 Å². The minimum absolute atomic E-state index is 0.0673. The molecule has 39 heavy (non-hydrogen) atoms. The van der Waals surface area contributed by atoms with Crippen LogP contribution in [-0.2, 0) is 23.3 Å². The molecule has 200 valence electrons. The van der Waals surface area contributed by atoms with Gasteiger partial charge < -0.3 is 14.8 Å². The normalized spacial score (nSPS) is 17.7. The summed E-state index contributed by atoms with van der Waals surface area (Å²) in [4.78, 5) is 41.4. The summed E-state index contributed by atoms with van der Waals surface area (Å²) in [6, 6.07) is 26.3. The molecular weight excluding hydrogens is 494 g/mol. The molecule has 8 heteroatoms. The predicted molar refractivity (Wildman–Crippen MR) is 149 cm³/mol. The second-order valence-corrected chi connectivity index (χ2v) is 10.1. The zero-order valence-corrected chi connectivity index (χ0v) is 21.8. The molecule has 0 radical (unpaired) electrons. The Hall–Kier alpha value is -4.43. The number of hydrogen-bond donors (Lipinski definition) is 2. The van der Waals surface area contributed by atoms with Crippen molar-refractivity contribution < 1.29 is 19.1 Å².